The molecule has 112 valence electrons. The number of aryl methyl sites for hydroxylation is 2. The summed E-state index contributed by atoms with van der Waals surface area (Å²) < 4.78 is 14.9. The monoisotopic (exact) mass is 289 g/mol. The first-order valence-corrected chi connectivity index (χ1v) is 7.09. The second kappa shape index (κ2) is 7.02. The summed E-state index contributed by atoms with van der Waals surface area (Å²) in [5.41, 5.74) is 1.88. The zero-order chi connectivity index (χ0) is 15.2. The molecule has 0 saturated heterocycles. The smallest absolute Gasteiger partial charge is 0.224 e. The molecule has 1 heterocycles. The van der Waals surface area contributed by atoms with E-state index in [1.165, 1.54) is 12.1 Å². The molecule has 2 rings (SSSR count). The third kappa shape index (κ3) is 4.41. The number of hydrogen-bond donors (Lipinski definition) is 0. The molecule has 0 atom stereocenters. The van der Waals surface area contributed by atoms with Crippen molar-refractivity contribution >= 4 is 5.91 Å². The Hall–Kier alpha value is -2.17. The van der Waals surface area contributed by atoms with Gasteiger partial charge in [-0.25, -0.2) is 4.39 Å². The minimum Gasteiger partial charge on any atom is -0.339 e. The summed E-state index contributed by atoms with van der Waals surface area (Å²) in [5.74, 6) is -0.224. The number of benzene rings is 1. The molecule has 0 radical (unpaired) electrons. The number of aromatic nitrogens is 2. The molecule has 0 spiro atoms. The Morgan fingerprint density at radius 1 is 1.43 bits per heavy atom. The van der Waals surface area contributed by atoms with Gasteiger partial charge in [-0.05, 0) is 37.1 Å². The van der Waals surface area contributed by atoms with E-state index in [9.17, 15) is 9.18 Å². The number of halogens is 1. The number of nitrogens with zero attached hydrogens (tertiary/aromatic N) is 3. The van der Waals surface area contributed by atoms with E-state index < -0.39 is 0 Å². The van der Waals surface area contributed by atoms with Gasteiger partial charge in [0, 0.05) is 32.3 Å². The second-order valence-corrected chi connectivity index (χ2v) is 5.07. The van der Waals surface area contributed by atoms with Gasteiger partial charge in [-0.3, -0.25) is 9.48 Å². The third-order valence-electron chi connectivity index (χ3n) is 3.31. The van der Waals surface area contributed by atoms with E-state index in [1.54, 1.807) is 21.8 Å². The van der Waals surface area contributed by atoms with E-state index in [1.807, 2.05) is 26.1 Å². The summed E-state index contributed by atoms with van der Waals surface area (Å²) in [5, 5.41) is 4.16. The molecule has 2 aromatic rings. The first kappa shape index (κ1) is 15.2. The number of amides is 1. The Morgan fingerprint density at radius 3 is 2.86 bits per heavy atom. The van der Waals surface area contributed by atoms with Crippen LogP contribution in [-0.2, 0) is 17.9 Å². The van der Waals surface area contributed by atoms with Crippen molar-refractivity contribution in [3.63, 3.8) is 0 Å². The highest BCUT2D eigenvalue weighted by Crippen LogP contribution is 2.09. The van der Waals surface area contributed by atoms with Gasteiger partial charge in [0.15, 0.2) is 0 Å². The van der Waals surface area contributed by atoms with Gasteiger partial charge in [0.2, 0.25) is 5.91 Å². The molecular formula is C16H20FN3O. The average Bonchev–Trinajstić information content (AvgIpc) is 2.88. The van der Waals surface area contributed by atoms with Gasteiger partial charge in [0.1, 0.15) is 5.82 Å². The minimum absolute atomic E-state index is 0.0508. The predicted octanol–water partition coefficient (Wildman–Crippen LogP) is 2.77. The lowest BCUT2D eigenvalue weighted by Crippen LogP contribution is -2.31. The van der Waals surface area contributed by atoms with Crippen LogP contribution in [0, 0.1) is 12.7 Å². The van der Waals surface area contributed by atoms with E-state index in [-0.39, 0.29) is 11.7 Å². The highest BCUT2D eigenvalue weighted by atomic mass is 19.1. The van der Waals surface area contributed by atoms with E-state index >= 15 is 0 Å². The molecule has 5 heteroatoms. The summed E-state index contributed by atoms with van der Waals surface area (Å²) in [6, 6.07) is 6.36. The van der Waals surface area contributed by atoms with Crippen LogP contribution in [0.25, 0.3) is 0 Å². The molecule has 1 aromatic heterocycles. The summed E-state index contributed by atoms with van der Waals surface area (Å²) in [6.45, 7) is 5.49. The Morgan fingerprint density at radius 2 is 2.24 bits per heavy atom. The first-order valence-electron chi connectivity index (χ1n) is 7.09. The van der Waals surface area contributed by atoms with Crippen LogP contribution in [0.3, 0.4) is 0 Å². The predicted molar refractivity (Wildman–Crippen MR) is 79.1 cm³/mol. The van der Waals surface area contributed by atoms with Crippen LogP contribution in [0.5, 0.6) is 0 Å². The van der Waals surface area contributed by atoms with E-state index in [0.717, 1.165) is 11.1 Å². The van der Waals surface area contributed by atoms with Gasteiger partial charge in [0.25, 0.3) is 0 Å². The van der Waals surface area contributed by atoms with E-state index in [4.69, 9.17) is 0 Å². The normalized spacial score (nSPS) is 10.6. The summed E-state index contributed by atoms with van der Waals surface area (Å²) in [4.78, 5) is 14.0. The summed E-state index contributed by atoms with van der Waals surface area (Å²) >= 11 is 0. The van der Waals surface area contributed by atoms with Crippen molar-refractivity contribution in [1.29, 1.82) is 0 Å². The van der Waals surface area contributed by atoms with Crippen LogP contribution in [-0.4, -0.2) is 27.1 Å². The Kier molecular flexibility index (Phi) is 5.09. The van der Waals surface area contributed by atoms with Gasteiger partial charge in [-0.2, -0.15) is 5.10 Å². The molecule has 0 fully saturated rings. The van der Waals surface area contributed by atoms with Crippen LogP contribution in [0.4, 0.5) is 4.39 Å². The molecule has 0 N–H and O–H groups in total. The van der Waals surface area contributed by atoms with E-state index in [2.05, 4.69) is 5.10 Å². The molecule has 0 aliphatic rings. The van der Waals surface area contributed by atoms with Crippen molar-refractivity contribution < 1.29 is 9.18 Å². The zero-order valence-corrected chi connectivity index (χ0v) is 12.4. The quantitative estimate of drug-likeness (QED) is 0.820. The molecule has 1 aromatic carbocycles. The van der Waals surface area contributed by atoms with Crippen molar-refractivity contribution in [2.45, 2.75) is 33.4 Å². The minimum atomic E-state index is -0.275. The highest BCUT2D eigenvalue weighted by molar-refractivity contribution is 5.76. The van der Waals surface area contributed by atoms with Crippen LogP contribution >= 0.6 is 0 Å². The molecule has 0 aliphatic heterocycles. The molecule has 4 nitrogen and oxygen atoms in total. The van der Waals surface area contributed by atoms with Crippen LogP contribution in [0.1, 0.15) is 24.5 Å². The van der Waals surface area contributed by atoms with Crippen LogP contribution in [0.15, 0.2) is 36.7 Å². The topological polar surface area (TPSA) is 38.1 Å². The molecule has 0 bridgehead atoms. The maximum Gasteiger partial charge on any atom is 0.224 e. The van der Waals surface area contributed by atoms with Gasteiger partial charge < -0.3 is 4.90 Å². The lowest BCUT2D eigenvalue weighted by atomic mass is 10.2. The molecule has 0 aliphatic carbocycles. The van der Waals surface area contributed by atoms with Gasteiger partial charge in [0.05, 0.1) is 6.20 Å². The largest absolute Gasteiger partial charge is 0.339 e. The highest BCUT2D eigenvalue weighted by Gasteiger charge is 2.12. The Bertz CT molecular complexity index is 609. The standard InChI is InChI=1S/C16H20FN3O/c1-3-19(12-14-5-4-6-15(17)9-14)16(21)7-8-20-11-13(2)10-18-20/h4-6,9-11H,3,7-8,12H2,1-2H3. The number of rotatable bonds is 6. The van der Waals surface area contributed by atoms with Gasteiger partial charge in [-0.15, -0.1) is 0 Å². The molecular weight excluding hydrogens is 269 g/mol. The number of carbonyl (C=O) groups excluding carboxylic acids is 1. The lowest BCUT2D eigenvalue weighted by molar-refractivity contribution is -0.131. The number of hydrogen-bond acceptors (Lipinski definition) is 2. The molecule has 21 heavy (non-hydrogen) atoms. The average molecular weight is 289 g/mol. The van der Waals surface area contributed by atoms with Crippen molar-refractivity contribution in [3.05, 3.63) is 53.6 Å². The fourth-order valence-electron chi connectivity index (χ4n) is 2.19. The van der Waals surface area contributed by atoms with Crippen molar-refractivity contribution in [2.75, 3.05) is 6.54 Å². The van der Waals surface area contributed by atoms with Gasteiger partial charge >= 0.3 is 0 Å². The fourth-order valence-corrected chi connectivity index (χ4v) is 2.19. The molecule has 0 unspecified atom stereocenters. The van der Waals surface area contributed by atoms with Crippen LogP contribution < -0.4 is 0 Å². The van der Waals surface area contributed by atoms with Crippen molar-refractivity contribution in [1.82, 2.24) is 14.7 Å². The van der Waals surface area contributed by atoms with E-state index in [0.29, 0.717) is 26.1 Å². The van der Waals surface area contributed by atoms with Crippen LogP contribution in [0.2, 0.25) is 0 Å². The maximum absolute atomic E-state index is 13.2. The SMILES string of the molecule is CCN(Cc1cccc(F)c1)C(=O)CCn1cc(C)cn1. The van der Waals surface area contributed by atoms with Gasteiger partial charge in [-0.1, -0.05) is 12.1 Å². The third-order valence-corrected chi connectivity index (χ3v) is 3.31. The molecule has 0 saturated carbocycles. The first-order chi connectivity index (χ1) is 10.1. The zero-order valence-electron chi connectivity index (χ0n) is 12.4. The Labute approximate surface area is 124 Å². The maximum atomic E-state index is 13.2. The lowest BCUT2D eigenvalue weighted by Gasteiger charge is -2.21. The van der Waals surface area contributed by atoms with Crippen molar-refractivity contribution in [3.8, 4) is 0 Å². The fraction of sp³-hybridized carbons (Fsp3) is 0.375. The summed E-state index contributed by atoms with van der Waals surface area (Å²) in [6.07, 6.45) is 4.08. The number of carbonyl (C=O) groups is 1. The Balaban J connectivity index is 1.92. The second-order valence-electron chi connectivity index (χ2n) is 5.07. The van der Waals surface area contributed by atoms with Crippen molar-refractivity contribution in [2.24, 2.45) is 0 Å². The molecule has 1 amide bonds. The summed E-state index contributed by atoms with van der Waals surface area (Å²) in [7, 11) is 0.